The number of aliphatic hydroxyl groups is 1. The van der Waals surface area contributed by atoms with E-state index in [1.54, 1.807) is 29.9 Å². The van der Waals surface area contributed by atoms with Gasteiger partial charge in [0.2, 0.25) is 0 Å². The van der Waals surface area contributed by atoms with Gasteiger partial charge in [0.05, 0.1) is 30.2 Å². The van der Waals surface area contributed by atoms with Crippen LogP contribution in [0.4, 0.5) is 10.5 Å². The molecule has 0 saturated carbocycles. The highest BCUT2D eigenvalue weighted by molar-refractivity contribution is 5.89. The van der Waals surface area contributed by atoms with Crippen molar-refractivity contribution in [1.82, 2.24) is 20.1 Å². The van der Waals surface area contributed by atoms with Gasteiger partial charge < -0.3 is 15.7 Å². The average Bonchev–Trinajstić information content (AvgIpc) is 2.78. The number of urea groups is 1. The van der Waals surface area contributed by atoms with Crippen LogP contribution in [0.25, 0.3) is 5.82 Å². The summed E-state index contributed by atoms with van der Waals surface area (Å²) in [4.78, 5) is 15.9. The van der Waals surface area contributed by atoms with E-state index >= 15 is 0 Å². The van der Waals surface area contributed by atoms with Crippen molar-refractivity contribution in [2.75, 3.05) is 11.9 Å². The fraction of sp³-hybridized carbons (Fsp3) is 0.357. The number of aromatic nitrogens is 3. The van der Waals surface area contributed by atoms with E-state index in [1.165, 1.54) is 0 Å². The summed E-state index contributed by atoms with van der Waals surface area (Å²) in [5, 5.41) is 18.5. The number of rotatable bonds is 4. The number of nitrogens with one attached hydrogen (secondary N) is 2. The highest BCUT2D eigenvalue weighted by Gasteiger charge is 2.08. The third-order valence-electron chi connectivity index (χ3n) is 2.88. The van der Waals surface area contributed by atoms with E-state index in [-0.39, 0.29) is 18.7 Å². The number of hydrogen-bond donors (Lipinski definition) is 3. The molecule has 0 radical (unpaired) electrons. The number of aryl methyl sites for hydroxylation is 2. The number of hydrogen-bond acceptors (Lipinski definition) is 4. The smallest absolute Gasteiger partial charge is 0.319 e. The van der Waals surface area contributed by atoms with Crippen LogP contribution in [-0.4, -0.2) is 38.6 Å². The van der Waals surface area contributed by atoms with Gasteiger partial charge in [-0.3, -0.25) is 0 Å². The van der Waals surface area contributed by atoms with Gasteiger partial charge in [-0.1, -0.05) is 0 Å². The third kappa shape index (κ3) is 3.79. The molecule has 0 fully saturated rings. The van der Waals surface area contributed by atoms with Gasteiger partial charge in [-0.15, -0.1) is 0 Å². The summed E-state index contributed by atoms with van der Waals surface area (Å²) in [5.74, 6) is 0.690. The zero-order chi connectivity index (χ0) is 15.4. The van der Waals surface area contributed by atoms with Crippen molar-refractivity contribution in [3.05, 3.63) is 35.8 Å². The molecule has 2 heterocycles. The number of nitrogens with zero attached hydrogens (tertiary/aromatic N) is 3. The van der Waals surface area contributed by atoms with E-state index < -0.39 is 0 Å². The lowest BCUT2D eigenvalue weighted by Gasteiger charge is -2.12. The predicted octanol–water partition coefficient (Wildman–Crippen LogP) is 1.39. The Morgan fingerprint density at radius 1 is 1.43 bits per heavy atom. The molecule has 21 heavy (non-hydrogen) atoms. The van der Waals surface area contributed by atoms with E-state index in [0.717, 1.165) is 11.4 Å². The fourth-order valence-corrected chi connectivity index (χ4v) is 1.88. The molecule has 3 N–H and O–H groups in total. The van der Waals surface area contributed by atoms with Gasteiger partial charge in [-0.25, -0.2) is 14.5 Å². The number of carbonyl (C=O) groups is 1. The highest BCUT2D eigenvalue weighted by atomic mass is 16.3. The molecule has 7 heteroatoms. The maximum atomic E-state index is 11.6. The Balaban J connectivity index is 2.05. The standard InChI is InChI=1S/C14H19N5O2/c1-9-6-11(3)19(18-9)13-5-4-12(7-15-13)17-14(21)16-10(2)8-20/h4-7,10,20H,8H2,1-3H3,(H2,16,17,21)/t10-/m0/s1. The van der Waals surface area contributed by atoms with Crippen LogP contribution in [0, 0.1) is 13.8 Å². The Bertz CT molecular complexity index is 621. The summed E-state index contributed by atoms with van der Waals surface area (Å²) in [6, 6.07) is 4.83. The Labute approximate surface area is 123 Å². The van der Waals surface area contributed by atoms with Crippen LogP contribution in [0.2, 0.25) is 0 Å². The normalized spacial score (nSPS) is 12.0. The summed E-state index contributed by atoms with van der Waals surface area (Å²) in [6.07, 6.45) is 1.56. The first-order valence-electron chi connectivity index (χ1n) is 6.67. The van der Waals surface area contributed by atoms with E-state index in [2.05, 4.69) is 20.7 Å². The number of carbonyl (C=O) groups excluding carboxylic acids is 1. The summed E-state index contributed by atoms with van der Waals surface area (Å²) in [7, 11) is 0. The van der Waals surface area contributed by atoms with Crippen molar-refractivity contribution < 1.29 is 9.90 Å². The molecule has 7 nitrogen and oxygen atoms in total. The zero-order valence-electron chi connectivity index (χ0n) is 12.3. The molecule has 2 rings (SSSR count). The minimum atomic E-state index is -0.378. The topological polar surface area (TPSA) is 92.1 Å². The van der Waals surface area contributed by atoms with Crippen molar-refractivity contribution in [2.24, 2.45) is 0 Å². The van der Waals surface area contributed by atoms with Crippen LogP contribution < -0.4 is 10.6 Å². The molecule has 2 amide bonds. The molecule has 0 aliphatic rings. The van der Waals surface area contributed by atoms with Crippen molar-refractivity contribution >= 4 is 11.7 Å². The van der Waals surface area contributed by atoms with Gasteiger partial charge in [0, 0.05) is 5.69 Å². The second-order valence-corrected chi connectivity index (χ2v) is 4.93. The van der Waals surface area contributed by atoms with Gasteiger partial charge in [-0.05, 0) is 39.0 Å². The molecule has 0 bridgehead atoms. The maximum absolute atomic E-state index is 11.6. The Morgan fingerprint density at radius 3 is 2.71 bits per heavy atom. The van der Waals surface area contributed by atoms with Crippen LogP contribution in [0.5, 0.6) is 0 Å². The van der Waals surface area contributed by atoms with Crippen molar-refractivity contribution in [2.45, 2.75) is 26.8 Å². The van der Waals surface area contributed by atoms with E-state index in [0.29, 0.717) is 11.5 Å². The fourth-order valence-electron chi connectivity index (χ4n) is 1.88. The average molecular weight is 289 g/mol. The molecule has 0 aliphatic heterocycles. The molecule has 0 spiro atoms. The molecule has 0 aliphatic carbocycles. The minimum Gasteiger partial charge on any atom is -0.394 e. The van der Waals surface area contributed by atoms with Crippen molar-refractivity contribution in [3.63, 3.8) is 0 Å². The summed E-state index contributed by atoms with van der Waals surface area (Å²) in [5.41, 5.74) is 2.49. The molecule has 2 aromatic heterocycles. The molecule has 2 aromatic rings. The van der Waals surface area contributed by atoms with E-state index in [9.17, 15) is 4.79 Å². The largest absolute Gasteiger partial charge is 0.394 e. The van der Waals surface area contributed by atoms with Gasteiger partial charge in [-0.2, -0.15) is 5.10 Å². The molecule has 0 unspecified atom stereocenters. The molecule has 1 atom stereocenters. The quantitative estimate of drug-likeness (QED) is 0.793. The predicted molar refractivity (Wildman–Crippen MR) is 79.5 cm³/mol. The van der Waals surface area contributed by atoms with E-state index in [4.69, 9.17) is 5.11 Å². The van der Waals surface area contributed by atoms with Crippen LogP contribution in [-0.2, 0) is 0 Å². The van der Waals surface area contributed by atoms with Gasteiger partial charge in [0.15, 0.2) is 5.82 Å². The second-order valence-electron chi connectivity index (χ2n) is 4.93. The van der Waals surface area contributed by atoms with Crippen LogP contribution in [0.1, 0.15) is 18.3 Å². The lowest BCUT2D eigenvalue weighted by atomic mass is 10.3. The Hall–Kier alpha value is -2.41. The summed E-state index contributed by atoms with van der Waals surface area (Å²) >= 11 is 0. The molecule has 0 aromatic carbocycles. The highest BCUT2D eigenvalue weighted by Crippen LogP contribution is 2.12. The first-order valence-corrected chi connectivity index (χ1v) is 6.67. The van der Waals surface area contributed by atoms with Crippen molar-refractivity contribution in [1.29, 1.82) is 0 Å². The number of pyridine rings is 1. The Kier molecular flexibility index (Phi) is 4.54. The van der Waals surface area contributed by atoms with Crippen molar-refractivity contribution in [3.8, 4) is 5.82 Å². The van der Waals surface area contributed by atoms with Crippen LogP contribution in [0.15, 0.2) is 24.4 Å². The van der Waals surface area contributed by atoms with Crippen LogP contribution >= 0.6 is 0 Å². The minimum absolute atomic E-state index is 0.109. The molecular weight excluding hydrogens is 270 g/mol. The number of anilines is 1. The molecule has 0 saturated heterocycles. The second kappa shape index (κ2) is 6.36. The summed E-state index contributed by atoms with van der Waals surface area (Å²) < 4.78 is 1.74. The monoisotopic (exact) mass is 289 g/mol. The third-order valence-corrected chi connectivity index (χ3v) is 2.88. The van der Waals surface area contributed by atoms with E-state index in [1.807, 2.05) is 19.9 Å². The molecular formula is C14H19N5O2. The Morgan fingerprint density at radius 2 is 2.19 bits per heavy atom. The lowest BCUT2D eigenvalue weighted by molar-refractivity contribution is 0.229. The lowest BCUT2D eigenvalue weighted by Crippen LogP contribution is -2.38. The zero-order valence-corrected chi connectivity index (χ0v) is 12.3. The first-order chi connectivity index (χ1) is 9.99. The number of amides is 2. The first kappa shape index (κ1) is 15.0. The van der Waals surface area contributed by atoms with Crippen LogP contribution in [0.3, 0.4) is 0 Å². The van der Waals surface area contributed by atoms with Gasteiger partial charge >= 0.3 is 6.03 Å². The van der Waals surface area contributed by atoms with Gasteiger partial charge in [0.1, 0.15) is 0 Å². The summed E-state index contributed by atoms with van der Waals surface area (Å²) in [6.45, 7) is 5.48. The molecule has 112 valence electrons. The number of aliphatic hydroxyl groups excluding tert-OH is 1. The van der Waals surface area contributed by atoms with Gasteiger partial charge in [0.25, 0.3) is 0 Å². The maximum Gasteiger partial charge on any atom is 0.319 e. The SMILES string of the molecule is Cc1cc(C)n(-c2ccc(NC(=O)N[C@@H](C)CO)cn2)n1.